The Kier molecular flexibility index (Phi) is 13.1. The van der Waals surface area contributed by atoms with E-state index >= 15 is 0 Å². The van der Waals surface area contributed by atoms with Gasteiger partial charge in [0.25, 0.3) is 0 Å². The number of fused-ring (bicyclic) bond motifs is 20. The van der Waals surface area contributed by atoms with E-state index in [0.717, 1.165) is 0 Å². The molecular weight excluding hydrogens is 1420 g/mol. The zero-order chi connectivity index (χ0) is 76.7. The summed E-state index contributed by atoms with van der Waals surface area (Å²) in [5.74, 6) is 0. The number of hydrogen-bond acceptors (Lipinski definition) is 0. The Bertz CT molecular complexity index is 7510. The molecule has 0 amide bonds. The van der Waals surface area contributed by atoms with Gasteiger partial charge in [0, 0.05) is 0 Å². The molecule has 0 atom stereocenters. The van der Waals surface area contributed by atoms with Crippen LogP contribution in [0.5, 0.6) is 0 Å². The van der Waals surface area contributed by atoms with E-state index in [1.165, 1.54) is 286 Å². The van der Waals surface area contributed by atoms with Gasteiger partial charge in [0.05, 0.1) is 0 Å². The summed E-state index contributed by atoms with van der Waals surface area (Å²) in [5, 5.41) is 25.0. The fourth-order valence-corrected chi connectivity index (χ4v) is 22.4. The highest BCUT2D eigenvalue weighted by molar-refractivity contribution is 6.40. The van der Waals surface area contributed by atoms with Crippen molar-refractivity contribution in [3.05, 3.63) is 400 Å². The van der Waals surface area contributed by atoms with Gasteiger partial charge in [0.15, 0.2) is 0 Å². The van der Waals surface area contributed by atoms with Gasteiger partial charge in [0.1, 0.15) is 0 Å². The quantitative estimate of drug-likeness (QED) is 0.133. The van der Waals surface area contributed by atoms with Crippen molar-refractivity contribution in [2.45, 2.75) is 0 Å². The second-order valence-corrected chi connectivity index (χ2v) is 32.9. The third-order valence-corrected chi connectivity index (χ3v) is 27.0. The third-order valence-electron chi connectivity index (χ3n) is 27.0. The predicted octanol–water partition coefficient (Wildman–Crippen LogP) is 33.1. The van der Waals surface area contributed by atoms with Gasteiger partial charge in [-0.1, -0.05) is 364 Å². The van der Waals surface area contributed by atoms with Crippen molar-refractivity contribution < 1.29 is 0 Å². The van der Waals surface area contributed by atoms with E-state index in [1.807, 2.05) is 0 Å². The Labute approximate surface area is 681 Å². The average Bonchev–Trinajstić information content (AvgIpc) is 1.52. The highest BCUT2D eigenvalue weighted by Crippen LogP contribution is 2.69. The molecule has 23 aromatic carbocycles. The standard InChI is InChI=1S/C118H66/c1-5-29-71(30-6-1)99-95-65-97-98(66-96(95)100(72-31-7-2-8-32-72)112-88-54-58-92-109-91(57-53-87(107(88)109)111(99)112)115-103(79-49-45-67-25-13-17-37-75(67)61-79)83-41-21-22-42-84(83)104(116(92)115)80-50-46-68-26-14-18-38-76(68)62-80)102(74-35-11-4-12-36-74)114-90-56-60-94-110-93(59-55-89(108(90)110)113(114)101(97)73-33-9-3-10-34-73)117-105(81-51-47-69-27-15-19-39-77(69)63-81)85-43-23-24-44-86(85)106(118(94)117)82-52-48-70-28-16-20-40-78(70)64-82/h1-66H. The van der Waals surface area contributed by atoms with Crippen LogP contribution in [-0.4, -0.2) is 0 Å². The van der Waals surface area contributed by atoms with Gasteiger partial charge in [-0.25, -0.2) is 0 Å². The molecule has 0 saturated heterocycles. The van der Waals surface area contributed by atoms with Gasteiger partial charge < -0.3 is 0 Å². The fraction of sp³-hybridized carbons (Fsp3) is 0. The molecule has 0 nitrogen and oxygen atoms in total. The molecule has 0 spiro atoms. The van der Waals surface area contributed by atoms with Crippen molar-refractivity contribution in [1.82, 2.24) is 0 Å². The van der Waals surface area contributed by atoms with Crippen molar-refractivity contribution >= 4 is 108 Å². The maximum Gasteiger partial charge on any atom is -0.000740 e. The van der Waals surface area contributed by atoms with Crippen LogP contribution in [-0.2, 0) is 0 Å². The predicted molar refractivity (Wildman–Crippen MR) is 503 cm³/mol. The van der Waals surface area contributed by atoms with Gasteiger partial charge in [-0.3, -0.25) is 0 Å². The molecule has 4 aliphatic carbocycles. The van der Waals surface area contributed by atoms with E-state index in [9.17, 15) is 0 Å². The third kappa shape index (κ3) is 8.72. The van der Waals surface area contributed by atoms with Crippen LogP contribution in [0.2, 0.25) is 0 Å². The van der Waals surface area contributed by atoms with Gasteiger partial charge in [-0.15, -0.1) is 0 Å². The molecule has 0 unspecified atom stereocenters. The van der Waals surface area contributed by atoms with Gasteiger partial charge >= 0.3 is 0 Å². The zero-order valence-electron chi connectivity index (χ0n) is 64.1. The molecule has 23 aromatic rings. The lowest BCUT2D eigenvalue weighted by Crippen LogP contribution is -1.97. The molecule has 0 N–H and O–H groups in total. The summed E-state index contributed by atoms with van der Waals surface area (Å²) in [6.45, 7) is 0. The van der Waals surface area contributed by atoms with Gasteiger partial charge in [0.2, 0.25) is 0 Å². The largest absolute Gasteiger partial charge is 0.0622 e. The average molecular weight is 1480 g/mol. The maximum atomic E-state index is 2.66. The lowest BCUT2D eigenvalue weighted by Gasteiger charge is -2.25. The first-order chi connectivity index (χ1) is 58.6. The Morgan fingerprint density at radius 3 is 0.466 bits per heavy atom. The van der Waals surface area contributed by atoms with E-state index in [4.69, 9.17) is 0 Å². The van der Waals surface area contributed by atoms with E-state index in [-0.39, 0.29) is 0 Å². The molecule has 0 saturated carbocycles. The Balaban J connectivity index is 0.767. The molecule has 0 heteroatoms. The van der Waals surface area contributed by atoms with Crippen LogP contribution in [0.4, 0.5) is 0 Å². The number of rotatable bonds is 8. The molecule has 0 aliphatic heterocycles. The second kappa shape index (κ2) is 24.1. The van der Waals surface area contributed by atoms with Gasteiger partial charge in [-0.2, -0.15) is 0 Å². The van der Waals surface area contributed by atoms with Crippen LogP contribution in [0, 0.1) is 0 Å². The fourth-order valence-electron chi connectivity index (χ4n) is 22.4. The second-order valence-electron chi connectivity index (χ2n) is 32.9. The molecule has 0 heterocycles. The van der Waals surface area contributed by atoms with E-state index in [2.05, 4.69) is 400 Å². The van der Waals surface area contributed by atoms with Crippen molar-refractivity contribution in [1.29, 1.82) is 0 Å². The van der Waals surface area contributed by atoms with Crippen LogP contribution in [0.1, 0.15) is 0 Å². The zero-order valence-corrected chi connectivity index (χ0v) is 64.1. The molecule has 4 aliphatic rings. The summed E-state index contributed by atoms with van der Waals surface area (Å²) in [5.41, 5.74) is 40.2. The van der Waals surface area contributed by atoms with Crippen molar-refractivity contribution in [3.8, 4) is 178 Å². The van der Waals surface area contributed by atoms with E-state index in [0.29, 0.717) is 0 Å². The molecule has 0 fully saturated rings. The molecular formula is C118H66. The van der Waals surface area contributed by atoms with Crippen molar-refractivity contribution in [2.24, 2.45) is 0 Å². The SMILES string of the molecule is c1ccc(-c2c3c(c(-c4ccccc4)c4cc5c(-c6ccccc6)c6c(c(-c7ccccc7)c5cc24)-c2ccc4c5c(ccc-6c25)-c2c-4c(-c4ccc5ccccc5c4)c4ccccc4c2-c2ccc4ccccc4c2)-c2ccc4c5c(ccc-3c25)-c2c-4c(-c3ccc4ccccc4c3)c3ccccc3c2-c2ccc3ccccc3c2)cc1. The molecule has 538 valence electrons. The molecule has 0 aromatic heterocycles. The summed E-state index contributed by atoms with van der Waals surface area (Å²) >= 11 is 0. The minimum atomic E-state index is 1.19. The summed E-state index contributed by atoms with van der Waals surface area (Å²) in [4.78, 5) is 0. The van der Waals surface area contributed by atoms with Crippen LogP contribution >= 0.6 is 0 Å². The monoisotopic (exact) mass is 1480 g/mol. The minimum Gasteiger partial charge on any atom is -0.0622 e. The molecule has 0 bridgehead atoms. The number of hydrogen-bond donors (Lipinski definition) is 0. The van der Waals surface area contributed by atoms with Gasteiger partial charge in [-0.05, 0) is 322 Å². The first-order valence-corrected chi connectivity index (χ1v) is 41.4. The topological polar surface area (TPSA) is 0 Å². The lowest BCUT2D eigenvalue weighted by molar-refractivity contribution is 1.61. The van der Waals surface area contributed by atoms with Crippen molar-refractivity contribution in [2.75, 3.05) is 0 Å². The summed E-state index contributed by atoms with van der Waals surface area (Å²) in [6, 6.07) is 153. The highest BCUT2D eigenvalue weighted by atomic mass is 14.4. The Morgan fingerprint density at radius 1 is 0.0932 bits per heavy atom. The van der Waals surface area contributed by atoms with Crippen LogP contribution in [0.3, 0.4) is 0 Å². The summed E-state index contributed by atoms with van der Waals surface area (Å²) < 4.78 is 0. The summed E-state index contributed by atoms with van der Waals surface area (Å²) in [6.07, 6.45) is 0. The molecule has 27 rings (SSSR count). The van der Waals surface area contributed by atoms with Crippen LogP contribution < -0.4 is 0 Å². The van der Waals surface area contributed by atoms with E-state index < -0.39 is 0 Å². The highest BCUT2D eigenvalue weighted by Gasteiger charge is 2.41. The van der Waals surface area contributed by atoms with Crippen molar-refractivity contribution in [3.63, 3.8) is 0 Å². The van der Waals surface area contributed by atoms with Crippen LogP contribution in [0.25, 0.3) is 286 Å². The normalized spacial score (nSPS) is 12.4. The van der Waals surface area contributed by atoms with E-state index in [1.54, 1.807) is 0 Å². The first-order valence-electron chi connectivity index (χ1n) is 41.4. The van der Waals surface area contributed by atoms with Crippen LogP contribution in [0.15, 0.2) is 400 Å². The summed E-state index contributed by atoms with van der Waals surface area (Å²) in [7, 11) is 0. The Morgan fingerprint density at radius 2 is 0.263 bits per heavy atom. The number of benzene rings is 23. The molecule has 118 heavy (non-hydrogen) atoms. The smallest absolute Gasteiger partial charge is 0.000740 e. The minimum absolute atomic E-state index is 1.19. The maximum absolute atomic E-state index is 2.66. The first kappa shape index (κ1) is 64.1. The molecule has 0 radical (unpaired) electrons. The lowest BCUT2D eigenvalue weighted by atomic mass is 9.78. The Hall–Kier alpha value is -15.3.